The van der Waals surface area contributed by atoms with E-state index in [2.05, 4.69) is 0 Å². The van der Waals surface area contributed by atoms with Gasteiger partial charge in [-0.1, -0.05) is 53.0 Å². The Morgan fingerprint density at radius 2 is 1.35 bits per heavy atom. The molecule has 0 spiro atoms. The van der Waals surface area contributed by atoms with Crippen molar-refractivity contribution in [1.82, 2.24) is 9.21 Å². The molecule has 0 aromatic heterocycles. The molecule has 1 aliphatic heterocycles. The molecule has 0 unspecified atom stereocenters. The highest BCUT2D eigenvalue weighted by Gasteiger charge is 2.33. The Kier molecular flexibility index (Phi) is 5.79. The second-order valence-electron chi connectivity index (χ2n) is 5.73. The van der Waals surface area contributed by atoms with Gasteiger partial charge in [-0.3, -0.25) is 4.79 Å². The van der Waals surface area contributed by atoms with Crippen LogP contribution in [0.2, 0.25) is 15.1 Å². The summed E-state index contributed by atoms with van der Waals surface area (Å²) in [4.78, 5) is 14.1. The number of amides is 1. The maximum absolute atomic E-state index is 12.9. The van der Waals surface area contributed by atoms with Crippen LogP contribution in [0.3, 0.4) is 0 Å². The van der Waals surface area contributed by atoms with Gasteiger partial charge in [-0.25, -0.2) is 8.42 Å². The van der Waals surface area contributed by atoms with E-state index in [-0.39, 0.29) is 47.0 Å². The molecule has 0 bridgehead atoms. The molecule has 0 atom stereocenters. The fourth-order valence-electron chi connectivity index (χ4n) is 2.79. The normalized spacial score (nSPS) is 15.9. The highest BCUT2D eigenvalue weighted by Crippen LogP contribution is 2.32. The van der Waals surface area contributed by atoms with E-state index < -0.39 is 10.0 Å². The number of nitrogens with zero attached hydrogens (tertiary/aromatic N) is 2. The molecule has 9 heteroatoms. The molecule has 0 radical (unpaired) electrons. The van der Waals surface area contributed by atoms with Crippen LogP contribution in [0, 0.1) is 0 Å². The van der Waals surface area contributed by atoms with Crippen molar-refractivity contribution in [3.63, 3.8) is 0 Å². The fraction of sp³-hybridized carbons (Fsp3) is 0.235. The number of hydrogen-bond acceptors (Lipinski definition) is 3. The summed E-state index contributed by atoms with van der Waals surface area (Å²) in [6, 6.07) is 11.3. The first-order chi connectivity index (χ1) is 12.3. The van der Waals surface area contributed by atoms with Gasteiger partial charge in [-0.05, 0) is 24.3 Å². The Morgan fingerprint density at radius 1 is 0.808 bits per heavy atom. The van der Waals surface area contributed by atoms with E-state index in [1.54, 1.807) is 35.2 Å². The molecule has 1 fully saturated rings. The molecule has 1 heterocycles. The van der Waals surface area contributed by atoms with Crippen LogP contribution in [0.4, 0.5) is 0 Å². The van der Waals surface area contributed by atoms with Crippen LogP contribution in [0.5, 0.6) is 0 Å². The Hall–Kier alpha value is -1.31. The minimum absolute atomic E-state index is 0.0760. The maximum atomic E-state index is 12.9. The van der Waals surface area contributed by atoms with Gasteiger partial charge < -0.3 is 4.90 Å². The van der Waals surface area contributed by atoms with E-state index in [0.29, 0.717) is 10.6 Å². The zero-order chi connectivity index (χ0) is 18.9. The highest BCUT2D eigenvalue weighted by molar-refractivity contribution is 7.89. The molecule has 0 aliphatic carbocycles. The smallest absolute Gasteiger partial charge is 0.255 e. The Bertz CT molecular complexity index is 922. The van der Waals surface area contributed by atoms with Crippen molar-refractivity contribution in [1.29, 1.82) is 0 Å². The Morgan fingerprint density at radius 3 is 1.92 bits per heavy atom. The van der Waals surface area contributed by atoms with Crippen molar-refractivity contribution < 1.29 is 13.2 Å². The fourth-order valence-corrected chi connectivity index (χ4v) is 5.52. The lowest BCUT2D eigenvalue weighted by molar-refractivity contribution is 0.0698. The summed E-state index contributed by atoms with van der Waals surface area (Å²) in [6.07, 6.45) is 0. The van der Waals surface area contributed by atoms with Crippen LogP contribution in [0.25, 0.3) is 0 Å². The predicted octanol–water partition coefficient (Wildman–Crippen LogP) is 3.79. The van der Waals surface area contributed by atoms with E-state index in [1.165, 1.54) is 16.4 Å². The summed E-state index contributed by atoms with van der Waals surface area (Å²) in [5, 5.41) is 0.523. The molecule has 0 N–H and O–H groups in total. The molecule has 138 valence electrons. The quantitative estimate of drug-likeness (QED) is 0.740. The molecule has 26 heavy (non-hydrogen) atoms. The van der Waals surface area contributed by atoms with Crippen molar-refractivity contribution in [3.8, 4) is 0 Å². The highest BCUT2D eigenvalue weighted by atomic mass is 35.5. The lowest BCUT2D eigenvalue weighted by Crippen LogP contribution is -2.50. The lowest BCUT2D eigenvalue weighted by Gasteiger charge is -2.34. The molecule has 1 amide bonds. The number of rotatable bonds is 3. The first-order valence-electron chi connectivity index (χ1n) is 7.80. The van der Waals surface area contributed by atoms with E-state index in [0.717, 1.165) is 0 Å². The van der Waals surface area contributed by atoms with Crippen LogP contribution >= 0.6 is 34.8 Å². The minimum Gasteiger partial charge on any atom is -0.336 e. The topological polar surface area (TPSA) is 57.7 Å². The monoisotopic (exact) mass is 432 g/mol. The van der Waals surface area contributed by atoms with E-state index in [1.807, 2.05) is 0 Å². The van der Waals surface area contributed by atoms with Crippen molar-refractivity contribution in [2.75, 3.05) is 26.2 Å². The van der Waals surface area contributed by atoms with Crippen molar-refractivity contribution >= 4 is 50.7 Å². The summed E-state index contributed by atoms with van der Waals surface area (Å²) in [7, 11) is -3.84. The molecular weight excluding hydrogens is 419 g/mol. The first kappa shape index (κ1) is 19.5. The van der Waals surface area contributed by atoms with Gasteiger partial charge in [-0.15, -0.1) is 0 Å². The van der Waals surface area contributed by atoms with Crippen LogP contribution in [0.15, 0.2) is 47.4 Å². The zero-order valence-electron chi connectivity index (χ0n) is 13.5. The van der Waals surface area contributed by atoms with E-state index >= 15 is 0 Å². The van der Waals surface area contributed by atoms with Crippen molar-refractivity contribution in [2.24, 2.45) is 0 Å². The summed E-state index contributed by atoms with van der Waals surface area (Å²) in [6.45, 7) is 0.816. The van der Waals surface area contributed by atoms with Crippen LogP contribution in [-0.2, 0) is 10.0 Å². The van der Waals surface area contributed by atoms with Gasteiger partial charge in [0.25, 0.3) is 5.91 Å². The van der Waals surface area contributed by atoms with Crippen molar-refractivity contribution in [2.45, 2.75) is 4.90 Å². The number of sulfonamides is 1. The first-order valence-corrected chi connectivity index (χ1v) is 10.4. The molecule has 2 aromatic rings. The summed E-state index contributed by atoms with van der Waals surface area (Å²) in [5.41, 5.74) is 0.402. The van der Waals surface area contributed by atoms with Gasteiger partial charge in [0.15, 0.2) is 0 Å². The summed E-state index contributed by atoms with van der Waals surface area (Å²) in [5.74, 6) is -0.219. The van der Waals surface area contributed by atoms with Crippen molar-refractivity contribution in [3.05, 3.63) is 63.1 Å². The average molecular weight is 434 g/mol. The van der Waals surface area contributed by atoms with Crippen LogP contribution in [0.1, 0.15) is 10.4 Å². The third kappa shape index (κ3) is 3.70. The van der Waals surface area contributed by atoms with Gasteiger partial charge in [0.05, 0.1) is 20.6 Å². The molecule has 2 aromatic carbocycles. The van der Waals surface area contributed by atoms with E-state index in [4.69, 9.17) is 34.8 Å². The third-order valence-electron chi connectivity index (χ3n) is 4.15. The second-order valence-corrected chi connectivity index (χ2v) is 8.82. The van der Waals surface area contributed by atoms with Gasteiger partial charge in [-0.2, -0.15) is 4.31 Å². The zero-order valence-corrected chi connectivity index (χ0v) is 16.6. The number of piperazine rings is 1. The predicted molar refractivity (Wildman–Crippen MR) is 103 cm³/mol. The Labute approximate surface area is 167 Å². The van der Waals surface area contributed by atoms with Crippen LogP contribution < -0.4 is 0 Å². The Balaban J connectivity index is 1.76. The van der Waals surface area contributed by atoms with Gasteiger partial charge in [0.2, 0.25) is 10.0 Å². The largest absolute Gasteiger partial charge is 0.336 e. The molecular formula is C17H15Cl3N2O3S. The number of carbonyl (C=O) groups is 1. The maximum Gasteiger partial charge on any atom is 0.255 e. The molecule has 3 rings (SSSR count). The van der Waals surface area contributed by atoms with Gasteiger partial charge in [0.1, 0.15) is 4.90 Å². The number of halogens is 3. The number of hydrogen-bond donors (Lipinski definition) is 0. The molecule has 1 aliphatic rings. The standard InChI is InChI=1S/C17H15Cl3N2O3S/c18-13-5-2-1-4-12(13)17(23)21-8-10-22(11-9-21)26(24,25)16-14(19)6-3-7-15(16)20/h1-7H,8-11H2. The lowest BCUT2D eigenvalue weighted by atomic mass is 10.2. The molecule has 5 nitrogen and oxygen atoms in total. The number of carbonyl (C=O) groups excluding carboxylic acids is 1. The molecule has 0 saturated carbocycles. The summed E-state index contributed by atoms with van der Waals surface area (Å²) < 4.78 is 27.0. The third-order valence-corrected chi connectivity index (χ3v) is 7.33. The second kappa shape index (κ2) is 7.74. The molecule has 1 saturated heterocycles. The van der Waals surface area contributed by atoms with Crippen LogP contribution in [-0.4, -0.2) is 49.7 Å². The minimum atomic E-state index is -3.84. The van der Waals surface area contributed by atoms with Gasteiger partial charge in [0, 0.05) is 26.2 Å². The SMILES string of the molecule is O=C(c1ccccc1Cl)N1CCN(S(=O)(=O)c2c(Cl)cccc2Cl)CC1. The summed E-state index contributed by atoms with van der Waals surface area (Å²) >= 11 is 18.2. The average Bonchev–Trinajstić information content (AvgIpc) is 2.61. The van der Waals surface area contributed by atoms with Gasteiger partial charge >= 0.3 is 0 Å². The number of benzene rings is 2. The van der Waals surface area contributed by atoms with E-state index in [9.17, 15) is 13.2 Å².